The fourth-order valence-corrected chi connectivity index (χ4v) is 1.61. The van der Waals surface area contributed by atoms with E-state index in [0.29, 0.717) is 12.2 Å². The van der Waals surface area contributed by atoms with Crippen LogP contribution < -0.4 is 16.0 Å². The maximum atomic E-state index is 12.1. The SMILES string of the molecule is CCCN(C(=O)NC(C)C)c1ccccc1N. The predicted molar refractivity (Wildman–Crippen MR) is 72.2 cm³/mol. The van der Waals surface area contributed by atoms with Gasteiger partial charge in [-0.25, -0.2) is 4.79 Å². The summed E-state index contributed by atoms with van der Waals surface area (Å²) in [6.07, 6.45) is 0.889. The maximum Gasteiger partial charge on any atom is 0.322 e. The Balaban J connectivity index is 2.93. The van der Waals surface area contributed by atoms with E-state index in [1.165, 1.54) is 0 Å². The van der Waals surface area contributed by atoms with Crippen LogP contribution in [0, 0.1) is 0 Å². The maximum absolute atomic E-state index is 12.1. The molecule has 4 nitrogen and oxygen atoms in total. The van der Waals surface area contributed by atoms with Crippen molar-refractivity contribution >= 4 is 17.4 Å². The molecule has 0 heterocycles. The number of carbonyl (C=O) groups excluding carboxylic acids is 1. The van der Waals surface area contributed by atoms with Gasteiger partial charge >= 0.3 is 6.03 Å². The van der Waals surface area contributed by atoms with E-state index < -0.39 is 0 Å². The summed E-state index contributed by atoms with van der Waals surface area (Å²) < 4.78 is 0. The number of amides is 2. The molecule has 94 valence electrons. The van der Waals surface area contributed by atoms with Crippen LogP contribution in [0.2, 0.25) is 0 Å². The van der Waals surface area contributed by atoms with Crippen LogP contribution in [0.1, 0.15) is 27.2 Å². The minimum Gasteiger partial charge on any atom is -0.397 e. The number of nitrogens with one attached hydrogen (secondary N) is 1. The van der Waals surface area contributed by atoms with E-state index in [1.54, 1.807) is 11.0 Å². The van der Waals surface area contributed by atoms with Crippen LogP contribution in [0.5, 0.6) is 0 Å². The molecule has 0 saturated carbocycles. The van der Waals surface area contributed by atoms with Gasteiger partial charge in [-0.2, -0.15) is 0 Å². The number of benzene rings is 1. The highest BCUT2D eigenvalue weighted by Crippen LogP contribution is 2.22. The average molecular weight is 235 g/mol. The molecule has 4 heteroatoms. The number of carbonyl (C=O) groups is 1. The number of nitrogens with two attached hydrogens (primary N) is 1. The van der Waals surface area contributed by atoms with Crippen LogP contribution in [0.4, 0.5) is 16.2 Å². The Bertz CT molecular complexity index is 377. The second-order valence-corrected chi connectivity index (χ2v) is 4.31. The first-order valence-corrected chi connectivity index (χ1v) is 5.98. The van der Waals surface area contributed by atoms with E-state index in [2.05, 4.69) is 5.32 Å². The van der Waals surface area contributed by atoms with Crippen molar-refractivity contribution in [3.05, 3.63) is 24.3 Å². The Morgan fingerprint density at radius 1 is 1.41 bits per heavy atom. The van der Waals surface area contributed by atoms with Crippen molar-refractivity contribution in [2.75, 3.05) is 17.2 Å². The third-order valence-corrected chi connectivity index (χ3v) is 2.33. The number of nitrogens with zero attached hydrogens (tertiary/aromatic N) is 1. The van der Waals surface area contributed by atoms with Crippen molar-refractivity contribution in [1.82, 2.24) is 5.32 Å². The van der Waals surface area contributed by atoms with Crippen molar-refractivity contribution in [3.63, 3.8) is 0 Å². The summed E-state index contributed by atoms with van der Waals surface area (Å²) in [4.78, 5) is 13.7. The molecule has 1 aromatic rings. The largest absolute Gasteiger partial charge is 0.397 e. The van der Waals surface area contributed by atoms with E-state index in [1.807, 2.05) is 39.0 Å². The smallest absolute Gasteiger partial charge is 0.322 e. The van der Waals surface area contributed by atoms with Crippen LogP contribution >= 0.6 is 0 Å². The molecule has 0 spiro atoms. The predicted octanol–water partition coefficient (Wildman–Crippen LogP) is 2.60. The number of hydrogen-bond donors (Lipinski definition) is 2. The molecular weight excluding hydrogens is 214 g/mol. The molecule has 0 aliphatic heterocycles. The Kier molecular flexibility index (Phi) is 4.82. The van der Waals surface area contributed by atoms with E-state index >= 15 is 0 Å². The molecule has 3 N–H and O–H groups in total. The molecule has 0 unspecified atom stereocenters. The molecule has 1 aromatic carbocycles. The highest BCUT2D eigenvalue weighted by Gasteiger charge is 2.17. The number of hydrogen-bond acceptors (Lipinski definition) is 2. The van der Waals surface area contributed by atoms with Gasteiger partial charge in [0.1, 0.15) is 0 Å². The van der Waals surface area contributed by atoms with Crippen LogP contribution in [-0.4, -0.2) is 18.6 Å². The minimum absolute atomic E-state index is 0.0975. The van der Waals surface area contributed by atoms with Gasteiger partial charge in [-0.15, -0.1) is 0 Å². The van der Waals surface area contributed by atoms with Gasteiger partial charge in [-0.3, -0.25) is 4.90 Å². The topological polar surface area (TPSA) is 58.4 Å². The van der Waals surface area contributed by atoms with Gasteiger partial charge in [0.05, 0.1) is 11.4 Å². The zero-order chi connectivity index (χ0) is 12.8. The second kappa shape index (κ2) is 6.13. The number of nitrogen functional groups attached to an aromatic ring is 1. The summed E-state index contributed by atoms with van der Waals surface area (Å²) in [5.74, 6) is 0. The lowest BCUT2D eigenvalue weighted by molar-refractivity contribution is 0.244. The zero-order valence-corrected chi connectivity index (χ0v) is 10.7. The molecule has 0 bridgehead atoms. The van der Waals surface area contributed by atoms with Gasteiger partial charge in [0.2, 0.25) is 0 Å². The Morgan fingerprint density at radius 2 is 2.06 bits per heavy atom. The van der Waals surface area contributed by atoms with Gasteiger partial charge in [-0.05, 0) is 32.4 Å². The van der Waals surface area contributed by atoms with Gasteiger partial charge in [-0.1, -0.05) is 19.1 Å². The normalized spacial score (nSPS) is 10.4. The van der Waals surface area contributed by atoms with E-state index in [9.17, 15) is 4.79 Å². The van der Waals surface area contributed by atoms with Crippen molar-refractivity contribution in [3.8, 4) is 0 Å². The molecule has 1 rings (SSSR count). The molecule has 0 fully saturated rings. The molecule has 0 saturated heterocycles. The molecular formula is C13H21N3O. The number of anilines is 2. The first-order valence-electron chi connectivity index (χ1n) is 5.98. The standard InChI is InChI=1S/C13H21N3O/c1-4-9-16(13(17)15-10(2)3)12-8-6-5-7-11(12)14/h5-8,10H,4,9,14H2,1-3H3,(H,15,17). The molecule has 0 aliphatic rings. The summed E-state index contributed by atoms with van der Waals surface area (Å²) in [5.41, 5.74) is 7.29. The van der Waals surface area contributed by atoms with Gasteiger partial charge in [0.25, 0.3) is 0 Å². The summed E-state index contributed by atoms with van der Waals surface area (Å²) in [7, 11) is 0. The van der Waals surface area contributed by atoms with Gasteiger partial charge in [0.15, 0.2) is 0 Å². The lowest BCUT2D eigenvalue weighted by Crippen LogP contribution is -2.43. The van der Waals surface area contributed by atoms with Crippen molar-refractivity contribution in [2.45, 2.75) is 33.2 Å². The first-order chi connectivity index (χ1) is 8.06. The highest BCUT2D eigenvalue weighted by molar-refractivity contribution is 5.95. The molecule has 0 aliphatic carbocycles. The quantitative estimate of drug-likeness (QED) is 0.788. The van der Waals surface area contributed by atoms with Crippen LogP contribution in [0.15, 0.2) is 24.3 Å². The summed E-state index contributed by atoms with van der Waals surface area (Å²) >= 11 is 0. The fraction of sp³-hybridized carbons (Fsp3) is 0.462. The third kappa shape index (κ3) is 3.66. The Hall–Kier alpha value is -1.71. The van der Waals surface area contributed by atoms with E-state index in [4.69, 9.17) is 5.73 Å². The third-order valence-electron chi connectivity index (χ3n) is 2.33. The lowest BCUT2D eigenvalue weighted by atomic mass is 10.2. The molecule has 2 amide bonds. The van der Waals surface area contributed by atoms with Crippen LogP contribution in [0.3, 0.4) is 0 Å². The van der Waals surface area contributed by atoms with Gasteiger partial charge in [0, 0.05) is 12.6 Å². The number of para-hydroxylation sites is 2. The van der Waals surface area contributed by atoms with Crippen molar-refractivity contribution in [2.24, 2.45) is 0 Å². The molecule has 17 heavy (non-hydrogen) atoms. The van der Waals surface area contributed by atoms with E-state index in [-0.39, 0.29) is 12.1 Å². The van der Waals surface area contributed by atoms with Crippen LogP contribution in [0.25, 0.3) is 0 Å². The summed E-state index contributed by atoms with van der Waals surface area (Å²) in [6, 6.07) is 7.44. The Morgan fingerprint density at radius 3 is 2.59 bits per heavy atom. The van der Waals surface area contributed by atoms with Gasteiger partial charge < -0.3 is 11.1 Å². The highest BCUT2D eigenvalue weighted by atomic mass is 16.2. The molecule has 0 atom stereocenters. The van der Waals surface area contributed by atoms with Crippen LogP contribution in [-0.2, 0) is 0 Å². The summed E-state index contributed by atoms with van der Waals surface area (Å²) in [6.45, 7) is 6.58. The monoisotopic (exact) mass is 235 g/mol. The van der Waals surface area contributed by atoms with E-state index in [0.717, 1.165) is 12.1 Å². The molecule has 0 aromatic heterocycles. The Labute approximate surface area is 103 Å². The first kappa shape index (κ1) is 13.4. The van der Waals surface area contributed by atoms with Crippen molar-refractivity contribution < 1.29 is 4.79 Å². The zero-order valence-electron chi connectivity index (χ0n) is 10.7. The minimum atomic E-state index is -0.0975. The summed E-state index contributed by atoms with van der Waals surface area (Å²) in [5, 5.41) is 2.88. The fourth-order valence-electron chi connectivity index (χ4n) is 1.61. The van der Waals surface area contributed by atoms with Crippen molar-refractivity contribution in [1.29, 1.82) is 0 Å². The molecule has 0 radical (unpaired) electrons. The lowest BCUT2D eigenvalue weighted by Gasteiger charge is -2.25. The number of rotatable bonds is 4. The average Bonchev–Trinajstić information content (AvgIpc) is 2.26. The number of urea groups is 1. The second-order valence-electron chi connectivity index (χ2n) is 4.31.